The molecule has 11 heteroatoms. The molecule has 1 aliphatic heterocycles. The van der Waals surface area contributed by atoms with E-state index in [1.807, 2.05) is 0 Å². The van der Waals surface area contributed by atoms with E-state index < -0.39 is 27.0 Å². The average molecular weight is 315 g/mol. The molecule has 1 saturated heterocycles. The number of rotatable bonds is 4. The van der Waals surface area contributed by atoms with Crippen molar-refractivity contribution < 1.29 is 24.2 Å². The smallest absolute Gasteiger partial charge is 0.327 e. The molecule has 3 atom stereocenters. The number of nitrogen functional groups attached to an aromatic ring is 1. The van der Waals surface area contributed by atoms with Crippen LogP contribution in [0.5, 0.6) is 0 Å². The Kier molecular flexibility index (Phi) is 3.98. The molecule has 1 fully saturated rings. The minimum Gasteiger partial charge on any atom is -0.390 e. The molecule has 0 unspecified atom stereocenters. The van der Waals surface area contributed by atoms with Gasteiger partial charge in [0.25, 0.3) is 0 Å². The van der Waals surface area contributed by atoms with Crippen LogP contribution in [0.2, 0.25) is 0 Å². The van der Waals surface area contributed by atoms with E-state index in [9.17, 15) is 5.11 Å². The Morgan fingerprint density at radius 1 is 1.43 bits per heavy atom. The van der Waals surface area contributed by atoms with Crippen LogP contribution >= 0.6 is 8.60 Å². The second-order valence-electron chi connectivity index (χ2n) is 4.56. The lowest BCUT2D eigenvalue weighted by atomic mass is 10.2. The van der Waals surface area contributed by atoms with E-state index >= 15 is 0 Å². The highest BCUT2D eigenvalue weighted by Gasteiger charge is 2.36. The van der Waals surface area contributed by atoms with Gasteiger partial charge in [-0.25, -0.2) is 15.0 Å². The van der Waals surface area contributed by atoms with Crippen LogP contribution in [-0.2, 0) is 9.26 Å². The third-order valence-corrected chi connectivity index (χ3v) is 3.64. The van der Waals surface area contributed by atoms with Crippen LogP contribution in [0.4, 0.5) is 5.82 Å². The number of fused-ring (bicyclic) bond motifs is 1. The fourth-order valence-corrected chi connectivity index (χ4v) is 2.54. The van der Waals surface area contributed by atoms with E-state index in [0.717, 1.165) is 0 Å². The molecule has 0 amide bonds. The number of aliphatic hydroxyl groups is 1. The van der Waals surface area contributed by atoms with Gasteiger partial charge in [-0.15, -0.1) is 0 Å². The number of hydrogen-bond acceptors (Lipinski definition) is 9. The topological polar surface area (TPSA) is 149 Å². The Labute approximate surface area is 120 Å². The number of aromatic nitrogens is 4. The summed E-state index contributed by atoms with van der Waals surface area (Å²) in [7, 11) is -2.47. The van der Waals surface area contributed by atoms with Crippen molar-refractivity contribution in [1.29, 1.82) is 0 Å². The molecular formula is C10H14N5O5P. The number of ether oxygens (including phenoxy) is 1. The van der Waals surface area contributed by atoms with Gasteiger partial charge in [0.05, 0.1) is 19.0 Å². The van der Waals surface area contributed by atoms with E-state index in [-0.39, 0.29) is 12.4 Å². The SMILES string of the molecule is Nc1ncnc2c1ncn2[C@H]1C[C@H](O)[C@@H](COP(O)O)O1. The van der Waals surface area contributed by atoms with Crippen molar-refractivity contribution in [2.24, 2.45) is 0 Å². The molecule has 3 rings (SSSR count). The van der Waals surface area contributed by atoms with Crippen LogP contribution in [0, 0.1) is 0 Å². The van der Waals surface area contributed by atoms with Gasteiger partial charge >= 0.3 is 8.60 Å². The van der Waals surface area contributed by atoms with Crippen molar-refractivity contribution in [3.05, 3.63) is 12.7 Å². The Morgan fingerprint density at radius 3 is 3.00 bits per heavy atom. The predicted molar refractivity (Wildman–Crippen MR) is 71.6 cm³/mol. The summed E-state index contributed by atoms with van der Waals surface area (Å²) in [4.78, 5) is 29.6. The number of nitrogens with two attached hydrogens (primary N) is 1. The van der Waals surface area contributed by atoms with Gasteiger partial charge in [-0.05, 0) is 0 Å². The zero-order valence-electron chi connectivity index (χ0n) is 10.8. The number of hydrogen-bond donors (Lipinski definition) is 4. The molecule has 0 aromatic carbocycles. The predicted octanol–water partition coefficient (Wildman–Crippen LogP) is -0.715. The maximum Gasteiger partial charge on any atom is 0.327 e. The molecule has 0 aliphatic carbocycles. The number of imidazole rings is 1. The molecule has 0 radical (unpaired) electrons. The van der Waals surface area contributed by atoms with Crippen molar-refractivity contribution in [3.63, 3.8) is 0 Å². The molecule has 10 nitrogen and oxygen atoms in total. The molecule has 114 valence electrons. The third-order valence-electron chi connectivity index (χ3n) is 3.26. The van der Waals surface area contributed by atoms with Crippen LogP contribution in [-0.4, -0.2) is 53.2 Å². The lowest BCUT2D eigenvalue weighted by Crippen LogP contribution is -2.25. The first kappa shape index (κ1) is 14.5. The molecule has 3 heterocycles. The van der Waals surface area contributed by atoms with Gasteiger partial charge in [0, 0.05) is 6.42 Å². The van der Waals surface area contributed by atoms with Crippen LogP contribution < -0.4 is 5.73 Å². The summed E-state index contributed by atoms with van der Waals surface area (Å²) >= 11 is 0. The van der Waals surface area contributed by atoms with Gasteiger partial charge < -0.3 is 29.9 Å². The van der Waals surface area contributed by atoms with Crippen LogP contribution in [0.15, 0.2) is 12.7 Å². The highest BCUT2D eigenvalue weighted by Crippen LogP contribution is 2.33. The van der Waals surface area contributed by atoms with Crippen molar-refractivity contribution in [2.75, 3.05) is 12.3 Å². The molecule has 5 N–H and O–H groups in total. The number of nitrogens with zero attached hydrogens (tertiary/aromatic N) is 4. The van der Waals surface area contributed by atoms with Crippen LogP contribution in [0.25, 0.3) is 11.2 Å². The zero-order chi connectivity index (χ0) is 15.0. The standard InChI is InChI=1S/C10H14N5O5P/c11-9-8-10(13-3-12-9)15(4-14-8)7-1-5(16)6(20-7)2-19-21(17)18/h3-7,16-18H,1-2H2,(H2,11,12,13)/t5-,6+,7+/m0/s1. The quantitative estimate of drug-likeness (QED) is 0.536. The summed E-state index contributed by atoms with van der Waals surface area (Å²) in [5.41, 5.74) is 6.68. The molecule has 1 aliphatic rings. The van der Waals surface area contributed by atoms with Gasteiger partial charge in [-0.3, -0.25) is 4.57 Å². The average Bonchev–Trinajstić information content (AvgIpc) is 3.01. The summed E-state index contributed by atoms with van der Waals surface area (Å²) in [6.45, 7) is -0.111. The Morgan fingerprint density at radius 2 is 2.24 bits per heavy atom. The second kappa shape index (κ2) is 5.76. The molecule has 0 spiro atoms. The summed E-state index contributed by atoms with van der Waals surface area (Å²) in [6.07, 6.45) is 1.21. The number of aliphatic hydroxyl groups excluding tert-OH is 1. The molecule has 21 heavy (non-hydrogen) atoms. The first-order valence-corrected chi connectivity index (χ1v) is 7.30. The van der Waals surface area contributed by atoms with Crippen molar-refractivity contribution >= 4 is 25.6 Å². The van der Waals surface area contributed by atoms with Crippen molar-refractivity contribution in [1.82, 2.24) is 19.5 Å². The first-order valence-electron chi connectivity index (χ1n) is 6.13. The molecule has 2 aromatic heterocycles. The Bertz CT molecular complexity index is 637. The zero-order valence-corrected chi connectivity index (χ0v) is 11.7. The van der Waals surface area contributed by atoms with E-state index in [1.165, 1.54) is 12.7 Å². The fourth-order valence-electron chi connectivity index (χ4n) is 2.26. The summed E-state index contributed by atoms with van der Waals surface area (Å²) < 4.78 is 12.0. The van der Waals surface area contributed by atoms with Gasteiger partial charge in [0.1, 0.15) is 24.2 Å². The summed E-state index contributed by atoms with van der Waals surface area (Å²) in [5, 5.41) is 9.95. The maximum absolute atomic E-state index is 9.95. The van der Waals surface area contributed by atoms with E-state index in [2.05, 4.69) is 19.5 Å². The van der Waals surface area contributed by atoms with Gasteiger partial charge in [-0.1, -0.05) is 0 Å². The van der Waals surface area contributed by atoms with Gasteiger partial charge in [0.15, 0.2) is 11.5 Å². The Balaban J connectivity index is 1.79. The minimum absolute atomic E-state index is 0.111. The van der Waals surface area contributed by atoms with E-state index in [0.29, 0.717) is 17.6 Å². The van der Waals surface area contributed by atoms with E-state index in [4.69, 9.17) is 20.3 Å². The lowest BCUT2D eigenvalue weighted by Gasteiger charge is -2.15. The lowest BCUT2D eigenvalue weighted by molar-refractivity contribution is -0.0397. The highest BCUT2D eigenvalue weighted by atomic mass is 31.2. The molecule has 0 saturated carbocycles. The van der Waals surface area contributed by atoms with Gasteiger partial charge in [-0.2, -0.15) is 0 Å². The molecule has 0 bridgehead atoms. The molecular weight excluding hydrogens is 301 g/mol. The van der Waals surface area contributed by atoms with Crippen molar-refractivity contribution in [3.8, 4) is 0 Å². The van der Waals surface area contributed by atoms with Crippen molar-refractivity contribution in [2.45, 2.75) is 24.9 Å². The second-order valence-corrected chi connectivity index (χ2v) is 5.33. The number of anilines is 1. The maximum atomic E-state index is 9.95. The highest BCUT2D eigenvalue weighted by molar-refractivity contribution is 7.39. The van der Waals surface area contributed by atoms with Gasteiger partial charge in [0.2, 0.25) is 0 Å². The van der Waals surface area contributed by atoms with Crippen LogP contribution in [0.1, 0.15) is 12.6 Å². The largest absolute Gasteiger partial charge is 0.390 e. The Hall–Kier alpha value is -1.42. The normalized spacial score (nSPS) is 26.0. The third kappa shape index (κ3) is 2.82. The minimum atomic E-state index is -2.47. The molecule has 2 aromatic rings. The summed E-state index contributed by atoms with van der Waals surface area (Å²) in [6, 6.07) is 0. The summed E-state index contributed by atoms with van der Waals surface area (Å²) in [5.74, 6) is 0.267. The van der Waals surface area contributed by atoms with Crippen LogP contribution in [0.3, 0.4) is 0 Å². The first-order chi connectivity index (χ1) is 10.1. The monoisotopic (exact) mass is 315 g/mol. The fraction of sp³-hybridized carbons (Fsp3) is 0.500. The van der Waals surface area contributed by atoms with E-state index in [1.54, 1.807) is 4.57 Å².